The molecule has 19 heavy (non-hydrogen) atoms. The Morgan fingerprint density at radius 2 is 2.37 bits per heavy atom. The van der Waals surface area contributed by atoms with Crippen LogP contribution in [0.2, 0.25) is 0 Å². The molecule has 2 aromatic heterocycles. The first-order valence-electron chi connectivity index (χ1n) is 6.29. The maximum absolute atomic E-state index is 12.6. The number of hydrogen-bond donors (Lipinski definition) is 1. The Morgan fingerprint density at radius 3 is 3.00 bits per heavy atom. The summed E-state index contributed by atoms with van der Waals surface area (Å²) in [7, 11) is 0. The second-order valence-corrected chi connectivity index (χ2v) is 4.83. The Balaban J connectivity index is 2.04. The van der Waals surface area contributed by atoms with E-state index < -0.39 is 0 Å². The van der Waals surface area contributed by atoms with Crippen molar-refractivity contribution in [1.29, 1.82) is 0 Å². The lowest BCUT2D eigenvalue weighted by molar-refractivity contribution is 0.645. The molecule has 0 aromatic carbocycles. The van der Waals surface area contributed by atoms with E-state index in [1.54, 1.807) is 21.6 Å². The van der Waals surface area contributed by atoms with Crippen LogP contribution in [0.15, 0.2) is 35.2 Å². The predicted octanol–water partition coefficient (Wildman–Crippen LogP) is 1.34. The molecule has 1 aliphatic carbocycles. The highest BCUT2D eigenvalue weighted by Gasteiger charge is 2.25. The molecule has 0 bridgehead atoms. The Hall–Kier alpha value is -1.95. The van der Waals surface area contributed by atoms with Gasteiger partial charge in [-0.2, -0.15) is 5.10 Å². The van der Waals surface area contributed by atoms with Gasteiger partial charge in [-0.15, -0.1) is 0 Å². The van der Waals surface area contributed by atoms with Crippen LogP contribution in [0.1, 0.15) is 18.9 Å². The minimum atomic E-state index is -0.0234. The van der Waals surface area contributed by atoms with Crippen LogP contribution in [0.25, 0.3) is 10.9 Å². The maximum atomic E-state index is 12.6. The zero-order chi connectivity index (χ0) is 13.4. The van der Waals surface area contributed by atoms with Crippen molar-refractivity contribution in [2.24, 2.45) is 5.73 Å². The summed E-state index contributed by atoms with van der Waals surface area (Å²) < 4.78 is 15.9. The molecule has 6 heteroatoms. The summed E-state index contributed by atoms with van der Waals surface area (Å²) in [6, 6.07) is 2.19. The minimum absolute atomic E-state index is 0.0234. The first-order valence-corrected chi connectivity index (χ1v) is 6.29. The Kier molecular flexibility index (Phi) is 2.94. The van der Waals surface area contributed by atoms with Crippen LogP contribution in [0, 0.1) is 0 Å². The average molecular weight is 262 g/mol. The van der Waals surface area contributed by atoms with E-state index in [1.807, 2.05) is 6.07 Å². The number of fused-ring (bicyclic) bond motifs is 1. The first-order chi connectivity index (χ1) is 9.24. The van der Waals surface area contributed by atoms with Crippen molar-refractivity contribution in [1.82, 2.24) is 14.3 Å². The maximum Gasteiger partial charge on any atom is 0.261 e. The number of pyridine rings is 1. The van der Waals surface area contributed by atoms with Crippen molar-refractivity contribution in [3.63, 3.8) is 0 Å². The molecule has 3 rings (SSSR count). The lowest BCUT2D eigenvalue weighted by Crippen LogP contribution is -2.18. The van der Waals surface area contributed by atoms with Crippen molar-refractivity contribution >= 4 is 10.9 Å². The summed E-state index contributed by atoms with van der Waals surface area (Å²) in [6.07, 6.45) is 5.95. The topological polar surface area (TPSA) is 65.8 Å². The fraction of sp³-hybridized carbons (Fsp3) is 0.385. The number of nitrogens with zero attached hydrogens (tertiary/aromatic N) is 3. The molecule has 0 unspecified atom stereocenters. The molecule has 2 aromatic rings. The smallest absolute Gasteiger partial charge is 0.261 e. The molecule has 2 heterocycles. The number of nitrogens with two attached hydrogens (primary N) is 1. The van der Waals surface area contributed by atoms with Crippen LogP contribution in [0.5, 0.6) is 0 Å². The van der Waals surface area contributed by atoms with Gasteiger partial charge in [-0.25, -0.2) is 4.39 Å². The molecule has 0 saturated heterocycles. The Bertz CT molecular complexity index is 696. The molecule has 5 nitrogen and oxygen atoms in total. The van der Waals surface area contributed by atoms with Crippen LogP contribution in [-0.2, 0) is 6.54 Å². The summed E-state index contributed by atoms with van der Waals surface area (Å²) >= 11 is 0. The molecule has 100 valence electrons. The zero-order valence-corrected chi connectivity index (χ0v) is 10.4. The van der Waals surface area contributed by atoms with Crippen molar-refractivity contribution in [2.45, 2.75) is 25.4 Å². The monoisotopic (exact) mass is 262 g/mol. The standard InChI is InChI=1S/C13H15FN4O/c14-5-9(6-15)8-18-12-3-4-17(10-1-2-10)13(19)11(12)7-16-18/h3-5,7,10H,1-2,6,8,15H2/b9-5+. The second kappa shape index (κ2) is 4.62. The van der Waals surface area contributed by atoms with E-state index in [4.69, 9.17) is 5.73 Å². The molecule has 0 aliphatic heterocycles. The van der Waals surface area contributed by atoms with Crippen LogP contribution < -0.4 is 11.3 Å². The highest BCUT2D eigenvalue weighted by molar-refractivity contribution is 5.77. The van der Waals surface area contributed by atoms with E-state index in [1.165, 1.54) is 0 Å². The number of rotatable bonds is 4. The van der Waals surface area contributed by atoms with E-state index >= 15 is 0 Å². The first kappa shape index (κ1) is 12.1. The fourth-order valence-electron chi connectivity index (χ4n) is 2.20. The van der Waals surface area contributed by atoms with E-state index in [0.29, 0.717) is 23.3 Å². The number of hydrogen-bond acceptors (Lipinski definition) is 3. The lowest BCUT2D eigenvalue weighted by Gasteiger charge is -2.06. The van der Waals surface area contributed by atoms with Gasteiger partial charge in [0.25, 0.3) is 5.56 Å². The average Bonchev–Trinajstić information content (AvgIpc) is 3.18. The highest BCUT2D eigenvalue weighted by Crippen LogP contribution is 2.33. The SMILES string of the molecule is NC/C(=C\F)Cn1ncc2c(=O)n(C3CC3)ccc21. The Labute approximate surface area is 109 Å². The van der Waals surface area contributed by atoms with Gasteiger partial charge in [0.05, 0.1) is 30.0 Å². The fourth-order valence-corrected chi connectivity index (χ4v) is 2.20. The molecule has 0 atom stereocenters. The lowest BCUT2D eigenvalue weighted by atomic mass is 10.3. The quantitative estimate of drug-likeness (QED) is 0.904. The van der Waals surface area contributed by atoms with Crippen molar-refractivity contribution in [3.8, 4) is 0 Å². The molecular weight excluding hydrogens is 247 g/mol. The van der Waals surface area contributed by atoms with Gasteiger partial charge in [-0.05, 0) is 24.5 Å². The molecular formula is C13H15FN4O. The van der Waals surface area contributed by atoms with Gasteiger partial charge in [0.2, 0.25) is 0 Å². The molecule has 1 aliphatic rings. The van der Waals surface area contributed by atoms with Gasteiger partial charge in [0.15, 0.2) is 0 Å². The van der Waals surface area contributed by atoms with Gasteiger partial charge in [0.1, 0.15) is 0 Å². The van der Waals surface area contributed by atoms with Gasteiger partial charge < -0.3 is 10.3 Å². The van der Waals surface area contributed by atoms with Crippen molar-refractivity contribution < 1.29 is 4.39 Å². The third-order valence-corrected chi connectivity index (χ3v) is 3.45. The number of halogens is 1. The van der Waals surface area contributed by atoms with Crippen LogP contribution in [-0.4, -0.2) is 20.9 Å². The third-order valence-electron chi connectivity index (χ3n) is 3.45. The molecule has 0 radical (unpaired) electrons. The minimum Gasteiger partial charge on any atom is -0.327 e. The third kappa shape index (κ3) is 2.08. The van der Waals surface area contributed by atoms with E-state index in [9.17, 15) is 9.18 Å². The van der Waals surface area contributed by atoms with E-state index in [0.717, 1.165) is 18.4 Å². The normalized spacial score (nSPS) is 16.2. The summed E-state index contributed by atoms with van der Waals surface area (Å²) in [5.74, 6) is 0. The van der Waals surface area contributed by atoms with Crippen molar-refractivity contribution in [2.75, 3.05) is 6.54 Å². The zero-order valence-electron chi connectivity index (χ0n) is 10.4. The van der Waals surface area contributed by atoms with Crippen LogP contribution in [0.3, 0.4) is 0 Å². The van der Waals surface area contributed by atoms with Gasteiger partial charge in [-0.3, -0.25) is 9.48 Å². The van der Waals surface area contributed by atoms with E-state index in [2.05, 4.69) is 5.10 Å². The molecule has 1 saturated carbocycles. The predicted molar refractivity (Wildman–Crippen MR) is 70.5 cm³/mol. The van der Waals surface area contributed by atoms with E-state index in [-0.39, 0.29) is 18.6 Å². The molecule has 2 N–H and O–H groups in total. The summed E-state index contributed by atoms with van der Waals surface area (Å²) in [5, 5.41) is 4.73. The van der Waals surface area contributed by atoms with Gasteiger partial charge in [0, 0.05) is 18.8 Å². The van der Waals surface area contributed by atoms with Crippen LogP contribution in [0.4, 0.5) is 4.39 Å². The second-order valence-electron chi connectivity index (χ2n) is 4.83. The molecule has 1 fully saturated rings. The molecule has 0 amide bonds. The van der Waals surface area contributed by atoms with Gasteiger partial charge >= 0.3 is 0 Å². The largest absolute Gasteiger partial charge is 0.327 e. The highest BCUT2D eigenvalue weighted by atomic mass is 19.1. The summed E-state index contributed by atoms with van der Waals surface area (Å²) in [4.78, 5) is 12.2. The number of aromatic nitrogens is 3. The van der Waals surface area contributed by atoms with Crippen LogP contribution >= 0.6 is 0 Å². The molecule has 0 spiro atoms. The summed E-state index contributed by atoms with van der Waals surface area (Å²) in [5.41, 5.74) is 6.57. The summed E-state index contributed by atoms with van der Waals surface area (Å²) in [6.45, 7) is 0.403. The Morgan fingerprint density at radius 1 is 1.58 bits per heavy atom. The van der Waals surface area contributed by atoms with Gasteiger partial charge in [-0.1, -0.05) is 0 Å². The van der Waals surface area contributed by atoms with Crippen molar-refractivity contribution in [3.05, 3.63) is 40.7 Å².